The smallest absolute Gasteiger partial charge is 0.306 e. The molecule has 0 bridgehead atoms. The third kappa shape index (κ3) is 10.4. The Morgan fingerprint density at radius 3 is 1.94 bits per heavy atom. The summed E-state index contributed by atoms with van der Waals surface area (Å²) in [6.07, 6.45) is 1.85. The molecule has 2 aromatic carbocycles. The third-order valence-corrected chi connectivity index (χ3v) is 5.08. The van der Waals surface area contributed by atoms with Crippen molar-refractivity contribution in [2.75, 3.05) is 19.7 Å². The molecule has 1 amide bonds. The van der Waals surface area contributed by atoms with Crippen molar-refractivity contribution in [3.8, 4) is 11.5 Å². The minimum Gasteiger partial charge on any atom is -0.508 e. The Balaban J connectivity index is 1.84. The van der Waals surface area contributed by atoms with Crippen molar-refractivity contribution in [1.82, 2.24) is 16.0 Å². The zero-order valence-electron chi connectivity index (χ0n) is 19.2. The number of carbonyl (C=O) groups is 2. The number of esters is 1. The molecule has 8 heteroatoms. The fraction of sp³-hybridized carbons (Fsp3) is 0.440. The van der Waals surface area contributed by atoms with Gasteiger partial charge in [-0.25, -0.2) is 0 Å². The molecule has 0 aliphatic heterocycles. The molecule has 0 heterocycles. The minimum atomic E-state index is -0.370. The number of unbranched alkanes of at least 4 members (excludes halogenated alkanes) is 1. The predicted octanol–water partition coefficient (Wildman–Crippen LogP) is 2.59. The van der Waals surface area contributed by atoms with Gasteiger partial charge in [-0.2, -0.15) is 0 Å². The first-order valence-corrected chi connectivity index (χ1v) is 11.4. The van der Waals surface area contributed by atoms with E-state index in [-0.39, 0.29) is 42.3 Å². The molecule has 2 rings (SSSR count). The second-order valence-corrected chi connectivity index (χ2v) is 7.86. The Morgan fingerprint density at radius 2 is 1.42 bits per heavy atom. The van der Waals surface area contributed by atoms with Crippen molar-refractivity contribution < 1.29 is 24.5 Å². The molecular formula is C25H35N3O5. The summed E-state index contributed by atoms with van der Waals surface area (Å²) >= 11 is 0. The van der Waals surface area contributed by atoms with Crippen LogP contribution in [0.5, 0.6) is 11.5 Å². The van der Waals surface area contributed by atoms with Gasteiger partial charge in [-0.15, -0.1) is 0 Å². The first-order chi connectivity index (χ1) is 16.0. The summed E-state index contributed by atoms with van der Waals surface area (Å²) in [6, 6.07) is 13.9. The summed E-state index contributed by atoms with van der Waals surface area (Å²) in [5.74, 6) is -0.179. The number of benzene rings is 2. The van der Waals surface area contributed by atoms with Gasteiger partial charge in [0.05, 0.1) is 19.1 Å². The average Bonchev–Trinajstić information content (AvgIpc) is 2.80. The van der Waals surface area contributed by atoms with Gasteiger partial charge < -0.3 is 30.9 Å². The van der Waals surface area contributed by atoms with Gasteiger partial charge in [0, 0.05) is 43.7 Å². The number of rotatable bonds is 15. The first kappa shape index (κ1) is 26.2. The second-order valence-electron chi connectivity index (χ2n) is 7.86. The van der Waals surface area contributed by atoms with Gasteiger partial charge in [0.25, 0.3) is 0 Å². The molecule has 2 aromatic rings. The van der Waals surface area contributed by atoms with Gasteiger partial charge in [-0.1, -0.05) is 49.7 Å². The number of phenols is 2. The predicted molar refractivity (Wildman–Crippen MR) is 127 cm³/mol. The molecule has 0 fully saturated rings. The number of hydrogen-bond acceptors (Lipinski definition) is 7. The quantitative estimate of drug-likeness (QED) is 0.206. The summed E-state index contributed by atoms with van der Waals surface area (Å²) in [5, 5.41) is 29.3. The monoisotopic (exact) mass is 457 g/mol. The molecule has 8 nitrogen and oxygen atoms in total. The van der Waals surface area contributed by atoms with Crippen LogP contribution in [-0.4, -0.2) is 47.8 Å². The number of aromatic hydroxyl groups is 2. The van der Waals surface area contributed by atoms with Crippen molar-refractivity contribution in [2.24, 2.45) is 0 Å². The fourth-order valence-corrected chi connectivity index (χ4v) is 3.17. The maximum absolute atomic E-state index is 12.4. The highest BCUT2D eigenvalue weighted by atomic mass is 16.5. The van der Waals surface area contributed by atoms with E-state index in [1.165, 1.54) is 0 Å². The topological polar surface area (TPSA) is 120 Å². The van der Waals surface area contributed by atoms with E-state index in [0.29, 0.717) is 32.8 Å². The molecule has 0 saturated heterocycles. The van der Waals surface area contributed by atoms with Crippen molar-refractivity contribution in [1.29, 1.82) is 0 Å². The highest BCUT2D eigenvalue weighted by molar-refractivity contribution is 5.81. The lowest BCUT2D eigenvalue weighted by Crippen LogP contribution is -2.47. The molecule has 0 radical (unpaired) electrons. The second kappa shape index (κ2) is 14.9. The SMILES string of the molecule is CCCCOC(=O)CCC(=O)NC(CNCc1ccccc1O)CNCc1ccccc1O. The molecule has 0 aromatic heterocycles. The van der Waals surface area contributed by atoms with Gasteiger partial charge in [0.15, 0.2) is 0 Å². The van der Waals surface area contributed by atoms with Crippen LogP contribution in [0.3, 0.4) is 0 Å². The van der Waals surface area contributed by atoms with Crippen LogP contribution in [0.15, 0.2) is 48.5 Å². The number of nitrogens with one attached hydrogen (secondary N) is 3. The van der Waals surface area contributed by atoms with E-state index in [2.05, 4.69) is 16.0 Å². The summed E-state index contributed by atoms with van der Waals surface area (Å²) in [6.45, 7) is 4.20. The lowest BCUT2D eigenvalue weighted by Gasteiger charge is -2.20. The summed E-state index contributed by atoms with van der Waals surface area (Å²) in [4.78, 5) is 24.2. The zero-order chi connectivity index (χ0) is 23.9. The van der Waals surface area contributed by atoms with Crippen LogP contribution < -0.4 is 16.0 Å². The summed E-state index contributed by atoms with van der Waals surface area (Å²) in [7, 11) is 0. The lowest BCUT2D eigenvalue weighted by molar-refractivity contribution is -0.145. The van der Waals surface area contributed by atoms with Crippen molar-refractivity contribution >= 4 is 11.9 Å². The van der Waals surface area contributed by atoms with Crippen LogP contribution in [0.2, 0.25) is 0 Å². The van der Waals surface area contributed by atoms with E-state index in [4.69, 9.17) is 4.74 Å². The van der Waals surface area contributed by atoms with Crippen LogP contribution in [0.4, 0.5) is 0 Å². The normalized spacial score (nSPS) is 10.8. The highest BCUT2D eigenvalue weighted by Crippen LogP contribution is 2.15. The number of phenolic OH excluding ortho intramolecular Hbond substituents is 2. The van der Waals surface area contributed by atoms with E-state index in [1.807, 2.05) is 31.2 Å². The Labute approximate surface area is 195 Å². The summed E-state index contributed by atoms with van der Waals surface area (Å²) < 4.78 is 5.10. The Morgan fingerprint density at radius 1 is 0.879 bits per heavy atom. The number of amides is 1. The molecule has 180 valence electrons. The van der Waals surface area contributed by atoms with Gasteiger partial charge in [-0.05, 0) is 18.6 Å². The third-order valence-electron chi connectivity index (χ3n) is 5.08. The van der Waals surface area contributed by atoms with Crippen molar-refractivity contribution in [3.05, 3.63) is 59.7 Å². The van der Waals surface area contributed by atoms with E-state index < -0.39 is 0 Å². The number of para-hydroxylation sites is 2. The van der Waals surface area contributed by atoms with Crippen molar-refractivity contribution in [3.63, 3.8) is 0 Å². The molecule has 0 spiro atoms. The summed E-state index contributed by atoms with van der Waals surface area (Å²) in [5.41, 5.74) is 1.53. The lowest BCUT2D eigenvalue weighted by atomic mass is 10.1. The Bertz CT molecular complexity index is 823. The number of carbonyl (C=O) groups excluding carboxylic acids is 2. The van der Waals surface area contributed by atoms with Crippen LogP contribution in [-0.2, 0) is 27.4 Å². The molecule has 0 atom stereocenters. The Hall–Kier alpha value is -3.10. The molecule has 0 aliphatic carbocycles. The average molecular weight is 458 g/mol. The standard InChI is InChI=1S/C25H35N3O5/c1-2-3-14-33-25(32)13-12-24(31)28-21(17-26-15-19-8-4-6-10-22(19)29)18-27-16-20-9-5-7-11-23(20)30/h4-11,21,26-27,29-30H,2-3,12-18H2,1H3,(H,28,31). The minimum absolute atomic E-state index is 0.0406. The van der Waals surface area contributed by atoms with E-state index >= 15 is 0 Å². The largest absolute Gasteiger partial charge is 0.508 e. The van der Waals surface area contributed by atoms with E-state index in [9.17, 15) is 19.8 Å². The maximum Gasteiger partial charge on any atom is 0.306 e. The van der Waals surface area contributed by atoms with Crippen molar-refractivity contribution in [2.45, 2.75) is 51.7 Å². The molecule has 0 unspecified atom stereocenters. The van der Waals surface area contributed by atoms with E-state index in [1.54, 1.807) is 24.3 Å². The zero-order valence-corrected chi connectivity index (χ0v) is 19.2. The van der Waals surface area contributed by atoms with Crippen LogP contribution in [0.1, 0.15) is 43.7 Å². The van der Waals surface area contributed by atoms with Gasteiger partial charge in [-0.3, -0.25) is 9.59 Å². The molecule has 0 saturated carbocycles. The number of hydrogen-bond donors (Lipinski definition) is 5. The van der Waals surface area contributed by atoms with Crippen LogP contribution in [0.25, 0.3) is 0 Å². The molecule has 0 aliphatic rings. The first-order valence-electron chi connectivity index (χ1n) is 11.4. The van der Waals surface area contributed by atoms with Gasteiger partial charge in [0.2, 0.25) is 5.91 Å². The molecular weight excluding hydrogens is 422 g/mol. The van der Waals surface area contributed by atoms with Gasteiger partial charge >= 0.3 is 5.97 Å². The molecule has 5 N–H and O–H groups in total. The van der Waals surface area contributed by atoms with Crippen LogP contribution in [0, 0.1) is 0 Å². The van der Waals surface area contributed by atoms with Gasteiger partial charge in [0.1, 0.15) is 11.5 Å². The molecule has 33 heavy (non-hydrogen) atoms. The highest BCUT2D eigenvalue weighted by Gasteiger charge is 2.14. The fourth-order valence-electron chi connectivity index (χ4n) is 3.17. The maximum atomic E-state index is 12.4. The van der Waals surface area contributed by atoms with Crippen LogP contribution >= 0.6 is 0 Å². The Kier molecular flexibility index (Phi) is 11.8. The number of ether oxygens (including phenoxy) is 1. The van der Waals surface area contributed by atoms with E-state index in [0.717, 1.165) is 24.0 Å².